The number of benzene rings is 2. The van der Waals surface area contributed by atoms with Crippen molar-refractivity contribution in [1.29, 1.82) is 0 Å². The summed E-state index contributed by atoms with van der Waals surface area (Å²) >= 11 is 0. The summed E-state index contributed by atoms with van der Waals surface area (Å²) in [6.07, 6.45) is 5.52. The molecule has 0 saturated heterocycles. The zero-order valence-corrected chi connectivity index (χ0v) is 12.4. The average Bonchev–Trinajstić information content (AvgIpc) is 2.80. The first kappa shape index (κ1) is 12.5. The van der Waals surface area contributed by atoms with Gasteiger partial charge in [0.2, 0.25) is 0 Å². The molecule has 0 amide bonds. The number of rotatable bonds is 1. The Morgan fingerprint density at radius 3 is 2.57 bits per heavy atom. The zero-order valence-electron chi connectivity index (χ0n) is 12.4. The molecular weight excluding hydrogens is 256 g/mol. The minimum atomic E-state index is -0.00914. The second kappa shape index (κ2) is 4.36. The van der Waals surface area contributed by atoms with E-state index in [4.69, 9.17) is 4.74 Å². The lowest BCUT2D eigenvalue weighted by Crippen LogP contribution is -2.23. The number of ether oxygens (including phenoxy) is 1. The number of fused-ring (bicyclic) bond motifs is 3. The lowest BCUT2D eigenvalue weighted by atomic mass is 9.75. The van der Waals surface area contributed by atoms with Gasteiger partial charge in [-0.25, -0.2) is 0 Å². The van der Waals surface area contributed by atoms with Crippen molar-refractivity contribution in [3.8, 4) is 5.75 Å². The third-order valence-corrected chi connectivity index (χ3v) is 4.65. The van der Waals surface area contributed by atoms with Gasteiger partial charge in [-0.3, -0.25) is 0 Å². The molecule has 1 heteroatoms. The molecular formula is C20H18O. The smallest absolute Gasteiger partial charge is 0.131 e. The molecule has 2 aliphatic rings. The average molecular weight is 274 g/mol. The van der Waals surface area contributed by atoms with E-state index in [-0.39, 0.29) is 5.41 Å². The molecule has 4 rings (SSSR count). The molecule has 0 saturated carbocycles. The van der Waals surface area contributed by atoms with Crippen LogP contribution in [0.25, 0.3) is 5.57 Å². The molecule has 104 valence electrons. The van der Waals surface area contributed by atoms with E-state index in [0.717, 1.165) is 17.9 Å². The van der Waals surface area contributed by atoms with E-state index in [2.05, 4.69) is 68.5 Å². The van der Waals surface area contributed by atoms with Crippen LogP contribution in [-0.4, -0.2) is 0 Å². The first-order valence-electron chi connectivity index (χ1n) is 7.43. The van der Waals surface area contributed by atoms with Crippen LogP contribution < -0.4 is 4.74 Å². The Bertz CT molecular complexity index is 765. The fraction of sp³-hybridized carbons (Fsp3) is 0.200. The Morgan fingerprint density at radius 1 is 1.00 bits per heavy atom. The predicted molar refractivity (Wildman–Crippen MR) is 86.3 cm³/mol. The standard InChI is InChI=1S/C20H18O/c1-14-7-9-15(10-8-14)16-11-12-20(2)17-5-3-4-6-18(17)21-19(20)13-16/h3-11,13H,12H2,1-2H3. The van der Waals surface area contributed by atoms with Crippen molar-refractivity contribution in [3.63, 3.8) is 0 Å². The van der Waals surface area contributed by atoms with Crippen LogP contribution >= 0.6 is 0 Å². The van der Waals surface area contributed by atoms with Gasteiger partial charge in [0.05, 0.1) is 5.41 Å². The SMILES string of the molecule is Cc1ccc(C2=CCC3(C)C(=C2)Oc2ccccc23)cc1. The van der Waals surface area contributed by atoms with E-state index >= 15 is 0 Å². The van der Waals surface area contributed by atoms with Gasteiger partial charge in [-0.2, -0.15) is 0 Å². The number of hydrogen-bond donors (Lipinski definition) is 0. The van der Waals surface area contributed by atoms with E-state index in [0.29, 0.717) is 0 Å². The Balaban J connectivity index is 1.75. The van der Waals surface area contributed by atoms with Crippen molar-refractivity contribution in [1.82, 2.24) is 0 Å². The van der Waals surface area contributed by atoms with Gasteiger partial charge in [-0.1, -0.05) is 54.1 Å². The molecule has 0 N–H and O–H groups in total. The number of hydrogen-bond acceptors (Lipinski definition) is 1. The van der Waals surface area contributed by atoms with Gasteiger partial charge >= 0.3 is 0 Å². The normalized spacial score (nSPS) is 22.8. The summed E-state index contributed by atoms with van der Waals surface area (Å²) in [6, 6.07) is 17.1. The van der Waals surface area contributed by atoms with Crippen LogP contribution in [0.15, 0.2) is 66.4 Å². The molecule has 1 heterocycles. The maximum atomic E-state index is 6.11. The number of para-hydroxylation sites is 1. The van der Waals surface area contributed by atoms with Gasteiger partial charge in [0.15, 0.2) is 0 Å². The molecule has 1 aliphatic carbocycles. The first-order chi connectivity index (χ1) is 10.2. The summed E-state index contributed by atoms with van der Waals surface area (Å²) in [5.41, 5.74) is 5.10. The van der Waals surface area contributed by atoms with Gasteiger partial charge in [-0.15, -0.1) is 0 Å². The minimum Gasteiger partial charge on any atom is -0.460 e. The molecule has 2 aromatic rings. The second-order valence-electron chi connectivity index (χ2n) is 6.17. The topological polar surface area (TPSA) is 9.23 Å². The highest BCUT2D eigenvalue weighted by atomic mass is 16.5. The third-order valence-electron chi connectivity index (χ3n) is 4.65. The van der Waals surface area contributed by atoms with E-state index in [9.17, 15) is 0 Å². The van der Waals surface area contributed by atoms with Crippen LogP contribution in [0.5, 0.6) is 5.75 Å². The highest BCUT2D eigenvalue weighted by Gasteiger charge is 2.42. The Morgan fingerprint density at radius 2 is 1.76 bits per heavy atom. The highest BCUT2D eigenvalue weighted by Crippen LogP contribution is 2.50. The van der Waals surface area contributed by atoms with E-state index in [1.54, 1.807) is 0 Å². The summed E-state index contributed by atoms with van der Waals surface area (Å²) in [5.74, 6) is 2.08. The van der Waals surface area contributed by atoms with Gasteiger partial charge in [0.1, 0.15) is 11.5 Å². The van der Waals surface area contributed by atoms with Crippen molar-refractivity contribution in [2.75, 3.05) is 0 Å². The molecule has 1 atom stereocenters. The quantitative estimate of drug-likeness (QED) is 0.709. The molecule has 0 aromatic heterocycles. The van der Waals surface area contributed by atoms with Crippen molar-refractivity contribution >= 4 is 5.57 Å². The number of aryl methyl sites for hydroxylation is 1. The largest absolute Gasteiger partial charge is 0.460 e. The molecule has 0 bridgehead atoms. The predicted octanol–water partition coefficient (Wildman–Crippen LogP) is 5.02. The van der Waals surface area contributed by atoms with Crippen molar-refractivity contribution in [2.45, 2.75) is 25.7 Å². The monoisotopic (exact) mass is 274 g/mol. The van der Waals surface area contributed by atoms with Crippen molar-refractivity contribution in [3.05, 3.63) is 83.1 Å². The molecule has 1 nitrogen and oxygen atoms in total. The van der Waals surface area contributed by atoms with Crippen LogP contribution in [0.2, 0.25) is 0 Å². The Hall–Kier alpha value is -2.28. The van der Waals surface area contributed by atoms with Gasteiger partial charge in [0, 0.05) is 5.56 Å². The fourth-order valence-electron chi connectivity index (χ4n) is 3.24. The first-order valence-corrected chi connectivity index (χ1v) is 7.43. The number of allylic oxidation sites excluding steroid dienone is 4. The van der Waals surface area contributed by atoms with Crippen molar-refractivity contribution in [2.24, 2.45) is 0 Å². The van der Waals surface area contributed by atoms with Crippen LogP contribution in [-0.2, 0) is 5.41 Å². The molecule has 0 fully saturated rings. The zero-order chi connectivity index (χ0) is 14.4. The van der Waals surface area contributed by atoms with Crippen LogP contribution in [0.1, 0.15) is 30.0 Å². The summed E-state index contributed by atoms with van der Waals surface area (Å²) < 4.78 is 6.11. The molecule has 2 aromatic carbocycles. The lowest BCUT2D eigenvalue weighted by Gasteiger charge is -2.27. The maximum Gasteiger partial charge on any atom is 0.131 e. The lowest BCUT2D eigenvalue weighted by molar-refractivity contribution is 0.378. The minimum absolute atomic E-state index is 0.00914. The maximum absolute atomic E-state index is 6.11. The van der Waals surface area contributed by atoms with Crippen LogP contribution in [0, 0.1) is 6.92 Å². The van der Waals surface area contributed by atoms with E-state index in [1.165, 1.54) is 22.3 Å². The second-order valence-corrected chi connectivity index (χ2v) is 6.17. The van der Waals surface area contributed by atoms with Crippen LogP contribution in [0.3, 0.4) is 0 Å². The van der Waals surface area contributed by atoms with Gasteiger partial charge in [0.25, 0.3) is 0 Å². The molecule has 21 heavy (non-hydrogen) atoms. The Labute approximate surface area is 125 Å². The van der Waals surface area contributed by atoms with Crippen molar-refractivity contribution < 1.29 is 4.74 Å². The van der Waals surface area contributed by atoms with Gasteiger partial charge < -0.3 is 4.74 Å². The van der Waals surface area contributed by atoms with Crippen LogP contribution in [0.4, 0.5) is 0 Å². The molecule has 0 spiro atoms. The third kappa shape index (κ3) is 1.84. The summed E-state index contributed by atoms with van der Waals surface area (Å²) in [4.78, 5) is 0. The highest BCUT2D eigenvalue weighted by molar-refractivity contribution is 5.77. The van der Waals surface area contributed by atoms with E-state index < -0.39 is 0 Å². The molecule has 1 aliphatic heterocycles. The fourth-order valence-corrected chi connectivity index (χ4v) is 3.24. The van der Waals surface area contributed by atoms with E-state index in [1.807, 2.05) is 6.07 Å². The van der Waals surface area contributed by atoms with Gasteiger partial charge in [-0.05, 0) is 43.5 Å². The Kier molecular flexibility index (Phi) is 2.58. The summed E-state index contributed by atoms with van der Waals surface area (Å²) in [6.45, 7) is 4.39. The summed E-state index contributed by atoms with van der Waals surface area (Å²) in [5, 5.41) is 0. The summed E-state index contributed by atoms with van der Waals surface area (Å²) in [7, 11) is 0. The molecule has 0 radical (unpaired) electrons. The molecule has 1 unspecified atom stereocenters.